The molecule has 11 heteroatoms. The molecule has 1 rings (SSSR count). The first kappa shape index (κ1) is 16.2. The Bertz CT molecular complexity index is 615. The SMILES string of the molecule is N=C(N)c1cc(NS(=O)(=O)NCC(F)(F)F)ccc1F. The molecule has 0 saturated carbocycles. The van der Waals surface area contributed by atoms with E-state index in [4.69, 9.17) is 11.1 Å². The summed E-state index contributed by atoms with van der Waals surface area (Å²) in [6.45, 7) is -1.75. The molecule has 0 saturated heterocycles. The molecular formula is C9H10F4N4O2S. The van der Waals surface area contributed by atoms with Crippen molar-refractivity contribution >= 4 is 21.7 Å². The number of amidine groups is 1. The molecule has 6 nitrogen and oxygen atoms in total. The van der Waals surface area contributed by atoms with Crippen molar-refractivity contribution in [3.05, 3.63) is 29.6 Å². The lowest BCUT2D eigenvalue weighted by molar-refractivity contribution is -0.121. The van der Waals surface area contributed by atoms with Crippen molar-refractivity contribution in [2.45, 2.75) is 6.18 Å². The second kappa shape index (κ2) is 5.63. The zero-order valence-electron chi connectivity index (χ0n) is 9.75. The first-order valence-electron chi connectivity index (χ1n) is 4.98. The third-order valence-corrected chi connectivity index (χ3v) is 3.00. The van der Waals surface area contributed by atoms with Crippen molar-refractivity contribution in [2.24, 2.45) is 5.73 Å². The van der Waals surface area contributed by atoms with Gasteiger partial charge in [0.15, 0.2) is 0 Å². The van der Waals surface area contributed by atoms with E-state index in [-0.39, 0.29) is 11.3 Å². The van der Waals surface area contributed by atoms with Crippen LogP contribution in [0.4, 0.5) is 23.2 Å². The summed E-state index contributed by atoms with van der Waals surface area (Å²) in [5.41, 5.74) is 4.46. The molecule has 112 valence electrons. The monoisotopic (exact) mass is 314 g/mol. The molecule has 0 amide bonds. The molecule has 0 radical (unpaired) electrons. The fourth-order valence-corrected chi connectivity index (χ4v) is 2.03. The Morgan fingerprint density at radius 3 is 2.45 bits per heavy atom. The number of alkyl halides is 3. The lowest BCUT2D eigenvalue weighted by atomic mass is 10.2. The largest absolute Gasteiger partial charge is 0.402 e. The zero-order chi connectivity index (χ0) is 15.6. The van der Waals surface area contributed by atoms with Crippen LogP contribution in [0.15, 0.2) is 18.2 Å². The van der Waals surface area contributed by atoms with Gasteiger partial charge in [-0.05, 0) is 18.2 Å². The topological polar surface area (TPSA) is 108 Å². The van der Waals surface area contributed by atoms with E-state index < -0.39 is 34.6 Å². The van der Waals surface area contributed by atoms with Crippen LogP contribution in [-0.2, 0) is 10.2 Å². The van der Waals surface area contributed by atoms with Gasteiger partial charge in [0.2, 0.25) is 0 Å². The molecule has 1 aromatic carbocycles. The van der Waals surface area contributed by atoms with Gasteiger partial charge < -0.3 is 5.73 Å². The number of halogens is 4. The van der Waals surface area contributed by atoms with Gasteiger partial charge in [-0.1, -0.05) is 0 Å². The molecule has 0 aromatic heterocycles. The van der Waals surface area contributed by atoms with Crippen LogP contribution in [-0.4, -0.2) is 27.0 Å². The lowest BCUT2D eigenvalue weighted by Gasteiger charge is -2.12. The second-order valence-electron chi connectivity index (χ2n) is 3.65. The number of hydrogen-bond donors (Lipinski definition) is 4. The van der Waals surface area contributed by atoms with Gasteiger partial charge in [-0.15, -0.1) is 0 Å². The highest BCUT2D eigenvalue weighted by Gasteiger charge is 2.29. The molecule has 1 aromatic rings. The van der Waals surface area contributed by atoms with Gasteiger partial charge in [0.1, 0.15) is 18.2 Å². The summed E-state index contributed by atoms with van der Waals surface area (Å²) < 4.78 is 74.5. The van der Waals surface area contributed by atoms with Crippen LogP contribution < -0.4 is 15.2 Å². The third kappa shape index (κ3) is 5.01. The molecule has 0 spiro atoms. The van der Waals surface area contributed by atoms with Crippen molar-refractivity contribution in [1.82, 2.24) is 4.72 Å². The van der Waals surface area contributed by atoms with Crippen LogP contribution in [0.5, 0.6) is 0 Å². The van der Waals surface area contributed by atoms with Crippen molar-refractivity contribution in [1.29, 1.82) is 5.41 Å². The van der Waals surface area contributed by atoms with Gasteiger partial charge in [0.05, 0.1) is 11.3 Å². The highest BCUT2D eigenvalue weighted by Crippen LogP contribution is 2.16. The van der Waals surface area contributed by atoms with Crippen molar-refractivity contribution in [3.8, 4) is 0 Å². The van der Waals surface area contributed by atoms with Crippen LogP contribution in [0.25, 0.3) is 0 Å². The molecule has 5 N–H and O–H groups in total. The lowest BCUT2D eigenvalue weighted by Crippen LogP contribution is -2.37. The van der Waals surface area contributed by atoms with Crippen LogP contribution in [0.3, 0.4) is 0 Å². The number of nitrogens with one attached hydrogen (secondary N) is 3. The first-order valence-corrected chi connectivity index (χ1v) is 6.46. The Morgan fingerprint density at radius 1 is 1.35 bits per heavy atom. The average Bonchev–Trinajstić information content (AvgIpc) is 2.28. The summed E-state index contributed by atoms with van der Waals surface area (Å²) >= 11 is 0. The molecule has 0 fully saturated rings. The Kier molecular flexibility index (Phi) is 4.55. The fraction of sp³-hybridized carbons (Fsp3) is 0.222. The second-order valence-corrected chi connectivity index (χ2v) is 5.15. The van der Waals surface area contributed by atoms with E-state index in [1.54, 1.807) is 4.72 Å². The molecule has 0 unspecified atom stereocenters. The van der Waals surface area contributed by atoms with E-state index in [2.05, 4.69) is 0 Å². The standard InChI is InChI=1S/C9H10F4N4O2S/c10-7-2-1-5(3-6(7)8(14)15)17-20(18,19)16-4-9(11,12)13/h1-3,16-17H,4H2,(H3,14,15). The Morgan fingerprint density at radius 2 is 1.95 bits per heavy atom. The van der Waals surface area contributed by atoms with E-state index in [0.717, 1.165) is 18.2 Å². The third-order valence-electron chi connectivity index (χ3n) is 1.97. The number of benzene rings is 1. The normalized spacial score (nSPS) is 12.2. The van der Waals surface area contributed by atoms with Crippen LogP contribution in [0, 0.1) is 11.2 Å². The Hall–Kier alpha value is -1.88. The first-order chi connectivity index (χ1) is 9.00. The molecule has 0 aliphatic heterocycles. The van der Waals surface area contributed by atoms with Crippen molar-refractivity contribution in [2.75, 3.05) is 11.3 Å². The highest BCUT2D eigenvalue weighted by atomic mass is 32.2. The van der Waals surface area contributed by atoms with E-state index in [1.807, 2.05) is 0 Å². The van der Waals surface area contributed by atoms with Gasteiger partial charge in [-0.3, -0.25) is 10.1 Å². The minimum absolute atomic E-state index is 0.230. The molecule has 0 heterocycles. The summed E-state index contributed by atoms with van der Waals surface area (Å²) in [4.78, 5) is 0. The summed E-state index contributed by atoms with van der Waals surface area (Å²) in [6, 6.07) is 2.71. The predicted octanol–water partition coefficient (Wildman–Crippen LogP) is 0.918. The number of nitrogen functional groups attached to an aromatic ring is 1. The maximum absolute atomic E-state index is 13.2. The molecule has 0 aliphatic carbocycles. The Labute approximate surface area is 111 Å². The van der Waals surface area contributed by atoms with E-state index >= 15 is 0 Å². The van der Waals surface area contributed by atoms with Crippen molar-refractivity contribution in [3.63, 3.8) is 0 Å². The quantitative estimate of drug-likeness (QED) is 0.369. The van der Waals surface area contributed by atoms with Gasteiger partial charge in [-0.2, -0.15) is 26.3 Å². The van der Waals surface area contributed by atoms with E-state index in [0.29, 0.717) is 0 Å². The number of nitrogens with two attached hydrogens (primary N) is 1. The molecule has 20 heavy (non-hydrogen) atoms. The zero-order valence-corrected chi connectivity index (χ0v) is 10.6. The molecule has 0 bridgehead atoms. The fourth-order valence-electron chi connectivity index (χ4n) is 1.16. The predicted molar refractivity (Wildman–Crippen MR) is 64.0 cm³/mol. The average molecular weight is 314 g/mol. The van der Waals surface area contributed by atoms with Crippen LogP contribution in [0.2, 0.25) is 0 Å². The maximum Gasteiger partial charge on any atom is 0.402 e. The molecular weight excluding hydrogens is 304 g/mol. The maximum atomic E-state index is 13.2. The number of hydrogen-bond acceptors (Lipinski definition) is 3. The number of rotatable bonds is 5. The van der Waals surface area contributed by atoms with Crippen LogP contribution >= 0.6 is 0 Å². The molecule has 0 aliphatic rings. The van der Waals surface area contributed by atoms with E-state index in [9.17, 15) is 26.0 Å². The smallest absolute Gasteiger partial charge is 0.384 e. The summed E-state index contributed by atoms with van der Waals surface area (Å²) in [5.74, 6) is -1.50. The summed E-state index contributed by atoms with van der Waals surface area (Å²) in [5, 5.41) is 7.06. The van der Waals surface area contributed by atoms with Crippen molar-refractivity contribution < 1.29 is 26.0 Å². The van der Waals surface area contributed by atoms with Gasteiger partial charge in [-0.25, -0.2) is 4.39 Å². The van der Waals surface area contributed by atoms with Gasteiger partial charge >= 0.3 is 6.18 Å². The Balaban J connectivity index is 2.88. The summed E-state index contributed by atoms with van der Waals surface area (Å²) in [7, 11) is -4.48. The van der Waals surface area contributed by atoms with Crippen LogP contribution in [0.1, 0.15) is 5.56 Å². The highest BCUT2D eigenvalue weighted by molar-refractivity contribution is 7.90. The minimum atomic E-state index is -4.71. The number of anilines is 1. The molecule has 0 atom stereocenters. The van der Waals surface area contributed by atoms with Gasteiger partial charge in [0.25, 0.3) is 10.2 Å². The van der Waals surface area contributed by atoms with E-state index in [1.165, 1.54) is 4.72 Å². The minimum Gasteiger partial charge on any atom is -0.384 e. The summed E-state index contributed by atoms with van der Waals surface area (Å²) in [6.07, 6.45) is -4.71. The van der Waals surface area contributed by atoms with Gasteiger partial charge in [0, 0.05) is 0 Å².